The largest absolute Gasteiger partial charge is 0.490 e. The summed E-state index contributed by atoms with van der Waals surface area (Å²) in [4.78, 5) is 23.0. The van der Waals surface area contributed by atoms with Gasteiger partial charge in [-0.15, -0.1) is 0 Å². The molecule has 0 aliphatic rings. The predicted molar refractivity (Wildman–Crippen MR) is 139 cm³/mol. The number of amides is 1. The van der Waals surface area contributed by atoms with Gasteiger partial charge in [0, 0.05) is 36.3 Å². The first kappa shape index (κ1) is 27.3. The van der Waals surface area contributed by atoms with E-state index in [1.807, 2.05) is 19.0 Å². The van der Waals surface area contributed by atoms with Gasteiger partial charge < -0.3 is 20.3 Å². The molecule has 10 nitrogen and oxygen atoms in total. The molecule has 0 atom stereocenters. The van der Waals surface area contributed by atoms with Gasteiger partial charge >= 0.3 is 0 Å². The van der Waals surface area contributed by atoms with E-state index in [9.17, 15) is 17.6 Å². The minimum absolute atomic E-state index is 0.0161. The van der Waals surface area contributed by atoms with Crippen LogP contribution in [0.2, 0.25) is 5.02 Å². The van der Waals surface area contributed by atoms with E-state index in [4.69, 9.17) is 16.3 Å². The summed E-state index contributed by atoms with van der Waals surface area (Å²) in [5.74, 6) is -0.241. The van der Waals surface area contributed by atoms with E-state index >= 15 is 0 Å². The monoisotopic (exact) mass is 536 g/mol. The van der Waals surface area contributed by atoms with Gasteiger partial charge in [0.05, 0.1) is 22.5 Å². The van der Waals surface area contributed by atoms with E-state index in [0.29, 0.717) is 40.4 Å². The Hall–Kier alpha value is -3.32. The molecule has 0 radical (unpaired) electrons. The van der Waals surface area contributed by atoms with Crippen molar-refractivity contribution in [3.05, 3.63) is 59.7 Å². The van der Waals surface area contributed by atoms with Gasteiger partial charge in [-0.3, -0.25) is 4.79 Å². The van der Waals surface area contributed by atoms with Gasteiger partial charge in [-0.1, -0.05) is 17.7 Å². The minimum Gasteiger partial charge on any atom is -0.490 e. The highest BCUT2D eigenvalue weighted by Gasteiger charge is 2.14. The summed E-state index contributed by atoms with van der Waals surface area (Å²) in [5, 5.41) is 6.36. The Morgan fingerprint density at radius 3 is 2.69 bits per heavy atom. The van der Waals surface area contributed by atoms with Gasteiger partial charge in [0.1, 0.15) is 30.3 Å². The molecule has 3 N–H and O–H groups in total. The van der Waals surface area contributed by atoms with Gasteiger partial charge in [0.25, 0.3) is 0 Å². The molecule has 0 spiro atoms. The Balaban J connectivity index is 1.93. The van der Waals surface area contributed by atoms with Crippen molar-refractivity contribution in [1.82, 2.24) is 19.6 Å². The summed E-state index contributed by atoms with van der Waals surface area (Å²) >= 11 is 5.89. The lowest BCUT2D eigenvalue weighted by Crippen LogP contribution is -2.27. The van der Waals surface area contributed by atoms with Crippen LogP contribution in [0.25, 0.3) is 10.9 Å². The Kier molecular flexibility index (Phi) is 9.15. The second-order valence-corrected chi connectivity index (χ2v) is 10.3. The van der Waals surface area contributed by atoms with Gasteiger partial charge in [0.2, 0.25) is 15.9 Å². The number of benzene rings is 2. The molecule has 2 aromatic carbocycles. The van der Waals surface area contributed by atoms with Crippen LogP contribution >= 0.6 is 11.6 Å². The minimum atomic E-state index is -3.38. The number of nitrogens with one attached hydrogen (secondary N) is 3. The molecule has 0 aliphatic heterocycles. The molecule has 1 heterocycles. The second-order valence-electron chi connectivity index (χ2n) is 8.01. The first-order chi connectivity index (χ1) is 17.0. The number of hydrogen-bond acceptors (Lipinski definition) is 8. The third-order valence-electron chi connectivity index (χ3n) is 4.64. The van der Waals surface area contributed by atoms with Gasteiger partial charge in [-0.25, -0.2) is 27.5 Å². The number of nitrogens with zero attached hydrogens (tertiary/aromatic N) is 3. The fourth-order valence-corrected chi connectivity index (χ4v) is 3.68. The number of halogens is 2. The van der Waals surface area contributed by atoms with E-state index in [0.717, 1.165) is 6.26 Å². The molecular weight excluding hydrogens is 511 g/mol. The molecule has 0 fully saturated rings. The number of rotatable bonds is 11. The zero-order chi connectivity index (χ0) is 26.3. The van der Waals surface area contributed by atoms with Crippen molar-refractivity contribution in [1.29, 1.82) is 0 Å². The van der Waals surface area contributed by atoms with Crippen molar-refractivity contribution < 1.29 is 22.3 Å². The van der Waals surface area contributed by atoms with Gasteiger partial charge in [-0.2, -0.15) is 0 Å². The van der Waals surface area contributed by atoms with Crippen molar-refractivity contribution in [3.63, 3.8) is 0 Å². The normalized spacial score (nSPS) is 11.8. The Bertz CT molecular complexity index is 1380. The van der Waals surface area contributed by atoms with Gasteiger partial charge in [-0.05, 0) is 38.4 Å². The maximum Gasteiger partial charge on any atom is 0.248 e. The molecule has 36 heavy (non-hydrogen) atoms. The van der Waals surface area contributed by atoms with E-state index in [-0.39, 0.29) is 24.1 Å². The molecule has 3 rings (SSSR count). The number of sulfonamides is 1. The van der Waals surface area contributed by atoms with E-state index in [1.165, 1.54) is 30.6 Å². The molecule has 0 aliphatic carbocycles. The summed E-state index contributed by atoms with van der Waals surface area (Å²) in [6.45, 7) is 0.630. The molecule has 13 heteroatoms. The van der Waals surface area contributed by atoms with Crippen LogP contribution < -0.4 is 20.1 Å². The summed E-state index contributed by atoms with van der Waals surface area (Å²) in [5.41, 5.74) is 1.33. The molecule has 192 valence electrons. The van der Waals surface area contributed by atoms with Crippen LogP contribution in [0, 0.1) is 5.82 Å². The number of anilines is 3. The highest BCUT2D eigenvalue weighted by molar-refractivity contribution is 7.88. The molecular formula is C23H26ClFN6O4S. The van der Waals surface area contributed by atoms with Gasteiger partial charge in [0.15, 0.2) is 0 Å². The Morgan fingerprint density at radius 2 is 2.00 bits per heavy atom. The van der Waals surface area contributed by atoms with Crippen LogP contribution in [-0.4, -0.2) is 69.2 Å². The topological polar surface area (TPSA) is 126 Å². The van der Waals surface area contributed by atoms with Crippen molar-refractivity contribution >= 4 is 55.6 Å². The smallest absolute Gasteiger partial charge is 0.248 e. The Labute approximate surface area is 213 Å². The summed E-state index contributed by atoms with van der Waals surface area (Å²) in [6.07, 6.45) is 5.50. The first-order valence-electron chi connectivity index (χ1n) is 10.7. The molecule has 0 unspecified atom stereocenters. The molecule has 3 aromatic rings. The lowest BCUT2D eigenvalue weighted by atomic mass is 10.1. The maximum atomic E-state index is 13.5. The van der Waals surface area contributed by atoms with Crippen LogP contribution in [0.1, 0.15) is 0 Å². The van der Waals surface area contributed by atoms with Crippen LogP contribution in [0.3, 0.4) is 0 Å². The number of carbonyl (C=O) groups is 1. The lowest BCUT2D eigenvalue weighted by Gasteiger charge is -2.15. The molecule has 0 saturated heterocycles. The molecule has 0 bridgehead atoms. The summed E-state index contributed by atoms with van der Waals surface area (Å²) in [6, 6.07) is 7.42. The zero-order valence-corrected chi connectivity index (χ0v) is 21.5. The molecule has 1 aromatic heterocycles. The molecule has 1 amide bonds. The van der Waals surface area contributed by atoms with Crippen molar-refractivity contribution in [3.8, 4) is 5.75 Å². The van der Waals surface area contributed by atoms with Crippen LogP contribution in [0.5, 0.6) is 5.75 Å². The van der Waals surface area contributed by atoms with Crippen LogP contribution in [0.15, 0.2) is 48.8 Å². The van der Waals surface area contributed by atoms with E-state index < -0.39 is 15.8 Å². The zero-order valence-electron chi connectivity index (χ0n) is 19.9. The fraction of sp³-hybridized carbons (Fsp3) is 0.261. The third kappa shape index (κ3) is 8.12. The van der Waals surface area contributed by atoms with E-state index in [1.54, 1.807) is 18.2 Å². The average molecular weight is 537 g/mol. The number of fused-ring (bicyclic) bond motifs is 1. The van der Waals surface area contributed by atoms with Crippen molar-refractivity contribution in [2.24, 2.45) is 0 Å². The summed E-state index contributed by atoms with van der Waals surface area (Å²) < 4.78 is 44.3. The maximum absolute atomic E-state index is 13.5. The van der Waals surface area contributed by atoms with Crippen molar-refractivity contribution in [2.75, 3.05) is 50.7 Å². The predicted octanol–water partition coefficient (Wildman–Crippen LogP) is 3.15. The van der Waals surface area contributed by atoms with Crippen molar-refractivity contribution in [2.45, 2.75) is 0 Å². The highest BCUT2D eigenvalue weighted by Crippen LogP contribution is 2.34. The van der Waals surface area contributed by atoms with Crippen LogP contribution in [-0.2, 0) is 14.8 Å². The lowest BCUT2D eigenvalue weighted by molar-refractivity contribution is -0.111. The number of likely N-dealkylation sites (N-methyl/N-ethyl adjacent to an activating group) is 1. The Morgan fingerprint density at radius 1 is 1.22 bits per heavy atom. The second kappa shape index (κ2) is 12.1. The molecule has 0 saturated carbocycles. The van der Waals surface area contributed by atoms with Crippen LogP contribution in [0.4, 0.5) is 21.6 Å². The standard InChI is InChI=1S/C23H26ClFN6O4S/c1-31(2)9-4-5-22(32)30-20-12-16-19(13-21(20)35-10-8-28-36(3,33)34)26-14-27-23(16)29-15-6-7-18(25)17(24)11-15/h4-7,11-14,28H,8-10H2,1-3H3,(H,30,32)(H,26,27,29)/b5-4+. The average Bonchev–Trinajstić information content (AvgIpc) is 2.79. The first-order valence-corrected chi connectivity index (χ1v) is 13.0. The third-order valence-corrected chi connectivity index (χ3v) is 5.66. The number of ether oxygens (including phenoxy) is 1. The quantitative estimate of drug-likeness (QED) is 0.252. The number of carbonyl (C=O) groups excluding carboxylic acids is 1. The summed E-state index contributed by atoms with van der Waals surface area (Å²) in [7, 11) is 0.384. The van der Waals surface area contributed by atoms with E-state index in [2.05, 4.69) is 25.3 Å². The SMILES string of the molecule is CN(C)C/C=C/C(=O)Nc1cc2c(Nc3ccc(F)c(Cl)c3)ncnc2cc1OCCNS(C)(=O)=O. The fourth-order valence-electron chi connectivity index (χ4n) is 3.04. The highest BCUT2D eigenvalue weighted by atomic mass is 35.5. The number of aromatic nitrogens is 2. The number of hydrogen-bond donors (Lipinski definition) is 3.